The maximum atomic E-state index is 12.6. The average molecular weight is 375 g/mol. The molecule has 2 aromatic carbocycles. The van der Waals surface area contributed by atoms with Crippen molar-refractivity contribution < 1.29 is 4.79 Å². The molecule has 0 fully saturated rings. The van der Waals surface area contributed by atoms with Crippen LogP contribution in [0.25, 0.3) is 0 Å². The van der Waals surface area contributed by atoms with E-state index in [0.717, 1.165) is 30.2 Å². The van der Waals surface area contributed by atoms with Gasteiger partial charge in [-0.2, -0.15) is 0 Å². The molecule has 1 heterocycles. The van der Waals surface area contributed by atoms with E-state index in [-0.39, 0.29) is 5.91 Å². The van der Waals surface area contributed by atoms with Crippen LogP contribution < -0.4 is 15.5 Å². The fourth-order valence-corrected chi connectivity index (χ4v) is 2.85. The van der Waals surface area contributed by atoms with E-state index in [1.165, 1.54) is 5.56 Å². The van der Waals surface area contributed by atoms with Crippen LogP contribution in [0.5, 0.6) is 0 Å². The lowest BCUT2D eigenvalue weighted by molar-refractivity contribution is 0.102. The second-order valence-corrected chi connectivity index (χ2v) is 6.43. The molecule has 0 radical (unpaired) electrons. The molecule has 3 rings (SSSR count). The maximum absolute atomic E-state index is 12.6. The normalized spacial score (nSPS) is 10.4. The van der Waals surface area contributed by atoms with E-state index in [1.807, 2.05) is 55.5 Å². The Morgan fingerprint density at radius 3 is 2.21 bits per heavy atom. The van der Waals surface area contributed by atoms with E-state index < -0.39 is 0 Å². The van der Waals surface area contributed by atoms with E-state index in [9.17, 15) is 4.79 Å². The number of carbonyl (C=O) groups excluding carboxylic acids is 1. The van der Waals surface area contributed by atoms with Gasteiger partial charge in [0, 0.05) is 36.3 Å². The van der Waals surface area contributed by atoms with Crippen molar-refractivity contribution in [2.24, 2.45) is 0 Å². The van der Waals surface area contributed by atoms with Gasteiger partial charge >= 0.3 is 0 Å². The van der Waals surface area contributed by atoms with Crippen LogP contribution in [-0.2, 0) is 0 Å². The van der Waals surface area contributed by atoms with Gasteiger partial charge in [0.05, 0.1) is 0 Å². The summed E-state index contributed by atoms with van der Waals surface area (Å²) in [7, 11) is 0. The zero-order valence-electron chi connectivity index (χ0n) is 16.4. The van der Waals surface area contributed by atoms with Gasteiger partial charge in [0.1, 0.15) is 5.69 Å². The molecular weight excluding hydrogens is 350 g/mol. The highest BCUT2D eigenvalue weighted by atomic mass is 16.1. The largest absolute Gasteiger partial charge is 0.372 e. The van der Waals surface area contributed by atoms with Crippen molar-refractivity contribution in [1.29, 1.82) is 0 Å². The Balaban J connectivity index is 1.68. The van der Waals surface area contributed by atoms with Crippen molar-refractivity contribution in [3.8, 4) is 0 Å². The summed E-state index contributed by atoms with van der Waals surface area (Å²) in [6.07, 6.45) is 1.57. The van der Waals surface area contributed by atoms with Gasteiger partial charge in [-0.05, 0) is 63.2 Å². The molecule has 0 aliphatic rings. The Bertz CT molecular complexity index is 918. The molecule has 6 heteroatoms. The van der Waals surface area contributed by atoms with Gasteiger partial charge in [0.15, 0.2) is 0 Å². The van der Waals surface area contributed by atoms with E-state index in [0.29, 0.717) is 11.6 Å². The third kappa shape index (κ3) is 4.85. The zero-order valence-corrected chi connectivity index (χ0v) is 16.4. The number of anilines is 4. The molecule has 0 saturated carbocycles. The van der Waals surface area contributed by atoms with E-state index in [2.05, 4.69) is 39.3 Å². The van der Waals surface area contributed by atoms with Gasteiger partial charge < -0.3 is 15.5 Å². The highest BCUT2D eigenvalue weighted by molar-refractivity contribution is 6.03. The van der Waals surface area contributed by atoms with E-state index in [1.54, 1.807) is 12.3 Å². The van der Waals surface area contributed by atoms with Crippen molar-refractivity contribution >= 4 is 28.9 Å². The molecule has 0 aliphatic heterocycles. The molecule has 6 nitrogen and oxygen atoms in total. The Morgan fingerprint density at radius 2 is 1.57 bits per heavy atom. The molecule has 0 atom stereocenters. The quantitative estimate of drug-likeness (QED) is 0.630. The number of carbonyl (C=O) groups is 1. The summed E-state index contributed by atoms with van der Waals surface area (Å²) in [5.41, 5.74) is 4.21. The van der Waals surface area contributed by atoms with Gasteiger partial charge in [0.2, 0.25) is 5.95 Å². The first-order valence-corrected chi connectivity index (χ1v) is 9.42. The summed E-state index contributed by atoms with van der Waals surface area (Å²) in [6.45, 7) is 8.16. The first-order chi connectivity index (χ1) is 13.6. The third-order valence-electron chi connectivity index (χ3n) is 4.45. The summed E-state index contributed by atoms with van der Waals surface area (Å²) in [5.74, 6) is 0.110. The van der Waals surface area contributed by atoms with Crippen LogP contribution >= 0.6 is 0 Å². The number of aromatic nitrogens is 2. The molecular formula is C22H25N5O. The summed E-state index contributed by atoms with van der Waals surface area (Å²) < 4.78 is 0. The van der Waals surface area contributed by atoms with E-state index >= 15 is 0 Å². The number of hydrogen-bond donors (Lipinski definition) is 2. The number of rotatable bonds is 7. The highest BCUT2D eigenvalue weighted by Crippen LogP contribution is 2.18. The lowest BCUT2D eigenvalue weighted by Gasteiger charge is -2.21. The minimum absolute atomic E-state index is 0.273. The standard InChI is InChI=1S/C22H25N5O/c1-4-27(5-2)19-12-10-17(11-13-19)24-21(28)20-14-15-23-22(26-20)25-18-8-6-16(3)7-9-18/h6-15H,4-5H2,1-3H3,(H,24,28)(H,23,25,26). The lowest BCUT2D eigenvalue weighted by Crippen LogP contribution is -2.21. The fraction of sp³-hybridized carbons (Fsp3) is 0.227. The number of nitrogens with one attached hydrogen (secondary N) is 2. The van der Waals surface area contributed by atoms with Gasteiger partial charge in [-0.1, -0.05) is 17.7 Å². The third-order valence-corrected chi connectivity index (χ3v) is 4.45. The molecule has 0 saturated heterocycles. The topological polar surface area (TPSA) is 70.2 Å². The Labute approximate surface area is 165 Å². The van der Waals surface area contributed by atoms with Crippen molar-refractivity contribution in [3.05, 3.63) is 72.1 Å². The summed E-state index contributed by atoms with van der Waals surface area (Å²) in [6, 6.07) is 17.3. The van der Waals surface area contributed by atoms with Crippen LogP contribution in [0, 0.1) is 6.92 Å². The van der Waals surface area contributed by atoms with Crippen molar-refractivity contribution in [2.75, 3.05) is 28.6 Å². The van der Waals surface area contributed by atoms with Gasteiger partial charge in [-0.3, -0.25) is 4.79 Å². The molecule has 0 spiro atoms. The Hall–Kier alpha value is -3.41. The molecule has 0 aliphatic carbocycles. The van der Waals surface area contributed by atoms with Crippen LogP contribution in [-0.4, -0.2) is 29.0 Å². The highest BCUT2D eigenvalue weighted by Gasteiger charge is 2.10. The summed E-state index contributed by atoms with van der Waals surface area (Å²) in [4.78, 5) is 23.3. The maximum Gasteiger partial charge on any atom is 0.274 e. The SMILES string of the molecule is CCN(CC)c1ccc(NC(=O)c2ccnc(Nc3ccc(C)cc3)n2)cc1. The molecule has 144 valence electrons. The number of nitrogens with zero attached hydrogens (tertiary/aromatic N) is 3. The van der Waals surface area contributed by atoms with Gasteiger partial charge in [-0.25, -0.2) is 9.97 Å². The molecule has 0 bridgehead atoms. The second-order valence-electron chi connectivity index (χ2n) is 6.43. The van der Waals surface area contributed by atoms with Crippen molar-refractivity contribution in [3.63, 3.8) is 0 Å². The first kappa shape index (κ1) is 19.4. The first-order valence-electron chi connectivity index (χ1n) is 9.42. The Morgan fingerprint density at radius 1 is 0.929 bits per heavy atom. The summed E-state index contributed by atoms with van der Waals surface area (Å²) >= 11 is 0. The molecule has 1 amide bonds. The van der Waals surface area contributed by atoms with Gasteiger partial charge in [0.25, 0.3) is 5.91 Å². The van der Waals surface area contributed by atoms with Gasteiger partial charge in [-0.15, -0.1) is 0 Å². The van der Waals surface area contributed by atoms with Crippen molar-refractivity contribution in [2.45, 2.75) is 20.8 Å². The molecule has 3 aromatic rings. The number of amides is 1. The minimum Gasteiger partial charge on any atom is -0.372 e. The average Bonchev–Trinajstić information content (AvgIpc) is 2.72. The molecule has 0 unspecified atom stereocenters. The second kappa shape index (κ2) is 8.99. The zero-order chi connectivity index (χ0) is 19.9. The molecule has 28 heavy (non-hydrogen) atoms. The number of hydrogen-bond acceptors (Lipinski definition) is 5. The van der Waals surface area contributed by atoms with Crippen molar-refractivity contribution in [1.82, 2.24) is 9.97 Å². The predicted molar refractivity (Wildman–Crippen MR) is 114 cm³/mol. The summed E-state index contributed by atoms with van der Waals surface area (Å²) in [5, 5.41) is 6.00. The number of aryl methyl sites for hydroxylation is 1. The van der Waals surface area contributed by atoms with Crippen LogP contribution in [0.15, 0.2) is 60.8 Å². The van der Waals surface area contributed by atoms with Crippen LogP contribution in [0.4, 0.5) is 23.0 Å². The fourth-order valence-electron chi connectivity index (χ4n) is 2.85. The van der Waals surface area contributed by atoms with Crippen LogP contribution in [0.2, 0.25) is 0 Å². The predicted octanol–water partition coefficient (Wildman–Crippen LogP) is 4.63. The van der Waals surface area contributed by atoms with E-state index in [4.69, 9.17) is 0 Å². The lowest BCUT2D eigenvalue weighted by atomic mass is 10.2. The smallest absolute Gasteiger partial charge is 0.274 e. The number of benzene rings is 2. The monoisotopic (exact) mass is 375 g/mol. The molecule has 1 aromatic heterocycles. The van der Waals surface area contributed by atoms with Crippen LogP contribution in [0.1, 0.15) is 29.9 Å². The minimum atomic E-state index is -0.273. The Kier molecular flexibility index (Phi) is 6.22. The molecule has 2 N–H and O–H groups in total. The van der Waals surface area contributed by atoms with Crippen LogP contribution in [0.3, 0.4) is 0 Å².